The van der Waals surface area contributed by atoms with Gasteiger partial charge in [0.2, 0.25) is 10.0 Å². The van der Waals surface area contributed by atoms with Gasteiger partial charge >= 0.3 is 17.9 Å². The SMILES string of the molecule is CCCCc1cc(OCCCN(CCCC)CCCC)ccc1C(=O)CNS(=O)(=O)c1c2oc3cccc(c13)OC(=O)C(=O)O2. The molecule has 1 aliphatic rings. The fourth-order valence-electron chi connectivity index (χ4n) is 5.14. The summed E-state index contributed by atoms with van der Waals surface area (Å²) in [5, 5.41) is -0.0720. The van der Waals surface area contributed by atoms with Gasteiger partial charge in [-0.1, -0.05) is 46.1 Å². The first-order chi connectivity index (χ1) is 21.7. The van der Waals surface area contributed by atoms with Crippen molar-refractivity contribution in [1.29, 1.82) is 0 Å². The summed E-state index contributed by atoms with van der Waals surface area (Å²) in [4.78, 5) is 39.3. The van der Waals surface area contributed by atoms with Crippen molar-refractivity contribution in [3.05, 3.63) is 47.5 Å². The number of esters is 2. The Bertz CT molecular complexity index is 1610. The molecule has 0 fully saturated rings. The number of rotatable bonds is 19. The summed E-state index contributed by atoms with van der Waals surface area (Å²) in [6.45, 7) is 9.60. The molecule has 12 heteroatoms. The van der Waals surface area contributed by atoms with Crippen LogP contribution in [0.4, 0.5) is 0 Å². The molecule has 0 spiro atoms. The second kappa shape index (κ2) is 16.0. The van der Waals surface area contributed by atoms with E-state index in [0.29, 0.717) is 24.3 Å². The number of carbonyl (C=O) groups excluding carboxylic acids is 3. The van der Waals surface area contributed by atoms with Gasteiger partial charge in [-0.2, -0.15) is 0 Å². The summed E-state index contributed by atoms with van der Waals surface area (Å²) in [7, 11) is -4.46. The molecule has 1 N–H and O–H groups in total. The number of sulfonamides is 1. The number of aryl methyl sites for hydroxylation is 1. The van der Waals surface area contributed by atoms with Gasteiger partial charge in [0.1, 0.15) is 17.1 Å². The van der Waals surface area contributed by atoms with Gasteiger partial charge < -0.3 is 23.5 Å². The molecule has 1 aliphatic heterocycles. The largest absolute Gasteiger partial charge is 0.494 e. The lowest BCUT2D eigenvalue weighted by Gasteiger charge is -2.22. The highest BCUT2D eigenvalue weighted by molar-refractivity contribution is 7.89. The zero-order chi connectivity index (χ0) is 32.4. The smallest absolute Gasteiger partial charge is 0.425 e. The Hall–Kier alpha value is -3.74. The number of Topliss-reactive ketones (excluding diaryl/α,β-unsaturated/α-hetero) is 1. The van der Waals surface area contributed by atoms with Crippen LogP contribution in [0.3, 0.4) is 0 Å². The average Bonchev–Trinajstić information content (AvgIpc) is 3.41. The van der Waals surface area contributed by atoms with E-state index in [4.69, 9.17) is 18.6 Å². The van der Waals surface area contributed by atoms with E-state index in [2.05, 4.69) is 30.4 Å². The Labute approximate surface area is 264 Å². The van der Waals surface area contributed by atoms with Crippen LogP contribution in [0.15, 0.2) is 45.7 Å². The lowest BCUT2D eigenvalue weighted by Crippen LogP contribution is -2.32. The molecule has 0 amide bonds. The number of furan rings is 1. The van der Waals surface area contributed by atoms with Crippen LogP contribution in [0, 0.1) is 0 Å². The molecular weight excluding hydrogens is 600 g/mol. The van der Waals surface area contributed by atoms with Crippen LogP contribution < -0.4 is 18.9 Å². The summed E-state index contributed by atoms with van der Waals surface area (Å²) < 4.78 is 50.6. The highest BCUT2D eigenvalue weighted by Gasteiger charge is 2.36. The number of ether oxygens (including phenoxy) is 3. The summed E-state index contributed by atoms with van der Waals surface area (Å²) in [5.74, 6) is -3.38. The summed E-state index contributed by atoms with van der Waals surface area (Å²) in [6.07, 6.45) is 7.98. The van der Waals surface area contributed by atoms with Crippen molar-refractivity contribution >= 4 is 38.7 Å². The normalized spacial score (nSPS) is 13.2. The first kappa shape index (κ1) is 34.1. The van der Waals surface area contributed by atoms with E-state index in [9.17, 15) is 22.8 Å². The maximum absolute atomic E-state index is 13.4. The highest BCUT2D eigenvalue weighted by Crippen LogP contribution is 2.42. The molecule has 0 saturated carbocycles. The van der Waals surface area contributed by atoms with Gasteiger partial charge in [0.15, 0.2) is 10.7 Å². The summed E-state index contributed by atoms with van der Waals surface area (Å²) in [5.41, 5.74) is 1.20. The Morgan fingerprint density at radius 1 is 0.889 bits per heavy atom. The number of benzene rings is 2. The molecule has 2 heterocycles. The van der Waals surface area contributed by atoms with Crippen LogP contribution in [0.2, 0.25) is 0 Å². The van der Waals surface area contributed by atoms with Crippen LogP contribution in [-0.4, -0.2) is 63.8 Å². The minimum atomic E-state index is -4.46. The molecule has 0 aliphatic carbocycles. The first-order valence-electron chi connectivity index (χ1n) is 15.7. The molecule has 2 aromatic carbocycles. The maximum Gasteiger partial charge on any atom is 0.425 e. The third kappa shape index (κ3) is 8.71. The molecular formula is C33H42N2O9S. The Balaban J connectivity index is 1.45. The van der Waals surface area contributed by atoms with Crippen molar-refractivity contribution in [2.24, 2.45) is 0 Å². The van der Waals surface area contributed by atoms with Gasteiger partial charge in [-0.15, -0.1) is 0 Å². The molecule has 45 heavy (non-hydrogen) atoms. The van der Waals surface area contributed by atoms with Crippen molar-refractivity contribution in [3.63, 3.8) is 0 Å². The van der Waals surface area contributed by atoms with Gasteiger partial charge in [0.05, 0.1) is 18.5 Å². The van der Waals surface area contributed by atoms with Gasteiger partial charge in [0, 0.05) is 12.1 Å². The molecule has 0 saturated heterocycles. The van der Waals surface area contributed by atoms with Crippen LogP contribution in [0.25, 0.3) is 11.0 Å². The van der Waals surface area contributed by atoms with E-state index in [0.717, 1.165) is 44.5 Å². The maximum atomic E-state index is 13.4. The first-order valence-corrected chi connectivity index (χ1v) is 17.2. The van der Waals surface area contributed by atoms with Crippen molar-refractivity contribution < 1.29 is 41.4 Å². The van der Waals surface area contributed by atoms with E-state index in [1.54, 1.807) is 12.1 Å². The minimum Gasteiger partial charge on any atom is -0.494 e. The minimum absolute atomic E-state index is 0.0313. The van der Waals surface area contributed by atoms with Crippen molar-refractivity contribution in [2.75, 3.05) is 32.8 Å². The molecule has 3 aromatic rings. The van der Waals surface area contributed by atoms with Gasteiger partial charge in [0.25, 0.3) is 0 Å². The van der Waals surface area contributed by atoms with Crippen LogP contribution >= 0.6 is 0 Å². The Morgan fingerprint density at radius 2 is 1.58 bits per heavy atom. The van der Waals surface area contributed by atoms with Gasteiger partial charge in [-0.05, 0) is 81.1 Å². The molecule has 2 bridgehead atoms. The third-order valence-electron chi connectivity index (χ3n) is 7.57. The fourth-order valence-corrected chi connectivity index (χ4v) is 6.38. The van der Waals surface area contributed by atoms with Crippen molar-refractivity contribution in [2.45, 2.75) is 77.0 Å². The molecule has 11 nitrogen and oxygen atoms in total. The van der Waals surface area contributed by atoms with Crippen LogP contribution in [0.5, 0.6) is 17.4 Å². The number of nitrogens with zero attached hydrogens (tertiary/aromatic N) is 1. The topological polar surface area (TPSA) is 141 Å². The quantitative estimate of drug-likeness (QED) is 0.0591. The molecule has 244 valence electrons. The predicted molar refractivity (Wildman–Crippen MR) is 168 cm³/mol. The van der Waals surface area contributed by atoms with Gasteiger partial charge in [-0.3, -0.25) is 4.79 Å². The van der Waals surface area contributed by atoms with Crippen molar-refractivity contribution in [1.82, 2.24) is 9.62 Å². The monoisotopic (exact) mass is 642 g/mol. The zero-order valence-corrected chi connectivity index (χ0v) is 27.0. The number of ketones is 1. The van der Waals surface area contributed by atoms with E-state index in [1.807, 2.05) is 6.07 Å². The lowest BCUT2D eigenvalue weighted by atomic mass is 9.98. The third-order valence-corrected chi connectivity index (χ3v) is 9.00. The number of hydrogen-bond donors (Lipinski definition) is 1. The number of hydrogen-bond acceptors (Lipinski definition) is 10. The van der Waals surface area contributed by atoms with Gasteiger partial charge in [-0.25, -0.2) is 22.7 Å². The molecule has 4 rings (SSSR count). The lowest BCUT2D eigenvalue weighted by molar-refractivity contribution is -0.157. The summed E-state index contributed by atoms with van der Waals surface area (Å²) in [6, 6.07) is 9.51. The van der Waals surface area contributed by atoms with E-state index < -0.39 is 45.1 Å². The average molecular weight is 643 g/mol. The fraction of sp³-hybridized carbons (Fsp3) is 0.485. The van der Waals surface area contributed by atoms with Crippen LogP contribution in [-0.2, 0) is 26.0 Å². The second-order valence-electron chi connectivity index (χ2n) is 11.0. The predicted octanol–water partition coefficient (Wildman–Crippen LogP) is 5.43. The Morgan fingerprint density at radius 3 is 2.29 bits per heavy atom. The number of nitrogens with one attached hydrogen (secondary N) is 1. The van der Waals surface area contributed by atoms with E-state index in [1.165, 1.54) is 43.9 Å². The standard InChI is InChI=1S/C33H42N2O9S/c1-4-7-12-23-21-24(41-20-11-19-35(17-8-5-2)18-9-6-3)15-16-25(23)26(36)22-34-45(39,40)30-29-27-13-10-14-28(29)43-33(30)44-32(38)31(37)42-27/h10,13-16,21,34H,4-9,11-12,17-20,22H2,1-3H3. The zero-order valence-electron chi connectivity index (χ0n) is 26.2. The molecule has 0 atom stereocenters. The van der Waals surface area contributed by atoms with E-state index in [-0.39, 0.29) is 16.7 Å². The highest BCUT2D eigenvalue weighted by atomic mass is 32.2. The second-order valence-corrected chi connectivity index (χ2v) is 12.8. The summed E-state index contributed by atoms with van der Waals surface area (Å²) >= 11 is 0. The number of carbonyl (C=O) groups is 3. The number of unbranched alkanes of at least 4 members (excludes halogenated alkanes) is 3. The number of fused-ring (bicyclic) bond motifs is 1. The molecule has 1 aromatic heterocycles. The van der Waals surface area contributed by atoms with E-state index >= 15 is 0 Å². The molecule has 0 unspecified atom stereocenters. The Kier molecular flexibility index (Phi) is 12.1. The van der Waals surface area contributed by atoms with Crippen molar-refractivity contribution in [3.8, 4) is 17.4 Å². The molecule has 0 radical (unpaired) electrons. The van der Waals surface area contributed by atoms with Crippen LogP contribution in [0.1, 0.15) is 81.6 Å².